The standard InChI is InChI=1S/C23H32N4O4S/c1-3-4-18-5-8-20(9-6-18)32(29,30)26-19-7-10-22(27-14-11-24-12-15-27)21(17-19)23(28)25-13-16-31-2/h5-10,17,24,26H,3-4,11-16H2,1-2H3,(H,25,28). The molecule has 3 N–H and O–H groups in total. The maximum Gasteiger partial charge on any atom is 0.261 e. The number of carbonyl (C=O) groups excluding carboxylic acids is 1. The zero-order valence-electron chi connectivity index (χ0n) is 18.7. The summed E-state index contributed by atoms with van der Waals surface area (Å²) in [7, 11) is -2.20. The second-order valence-corrected chi connectivity index (χ2v) is 9.40. The number of piperazine rings is 1. The van der Waals surface area contributed by atoms with Gasteiger partial charge in [-0.05, 0) is 42.3 Å². The summed E-state index contributed by atoms with van der Waals surface area (Å²) in [4.78, 5) is 15.2. The van der Waals surface area contributed by atoms with Gasteiger partial charge < -0.3 is 20.3 Å². The van der Waals surface area contributed by atoms with Gasteiger partial charge in [0.1, 0.15) is 0 Å². The Morgan fingerprint density at radius 2 is 1.84 bits per heavy atom. The van der Waals surface area contributed by atoms with Gasteiger partial charge in [-0.3, -0.25) is 9.52 Å². The van der Waals surface area contributed by atoms with Crippen LogP contribution in [-0.2, 0) is 21.2 Å². The van der Waals surface area contributed by atoms with Crippen LogP contribution in [0.15, 0.2) is 47.4 Å². The Bertz CT molecular complexity index is 1000. The second-order valence-electron chi connectivity index (χ2n) is 7.72. The highest BCUT2D eigenvalue weighted by molar-refractivity contribution is 7.92. The molecular weight excluding hydrogens is 428 g/mol. The molecular formula is C23H32N4O4S. The van der Waals surface area contributed by atoms with Crippen molar-refractivity contribution in [3.63, 3.8) is 0 Å². The first-order valence-electron chi connectivity index (χ1n) is 10.9. The van der Waals surface area contributed by atoms with Crippen LogP contribution in [0.25, 0.3) is 0 Å². The monoisotopic (exact) mass is 460 g/mol. The van der Waals surface area contributed by atoms with Crippen molar-refractivity contribution in [2.24, 2.45) is 0 Å². The minimum atomic E-state index is -3.77. The van der Waals surface area contributed by atoms with Gasteiger partial charge in [-0.15, -0.1) is 0 Å². The van der Waals surface area contributed by atoms with E-state index in [9.17, 15) is 13.2 Å². The van der Waals surface area contributed by atoms with Crippen molar-refractivity contribution in [3.8, 4) is 0 Å². The molecule has 0 radical (unpaired) electrons. The Morgan fingerprint density at radius 3 is 2.50 bits per heavy atom. The first-order chi connectivity index (χ1) is 15.4. The predicted octanol–water partition coefficient (Wildman–Crippen LogP) is 2.23. The minimum Gasteiger partial charge on any atom is -0.383 e. The van der Waals surface area contributed by atoms with E-state index in [2.05, 4.69) is 27.2 Å². The van der Waals surface area contributed by atoms with E-state index < -0.39 is 10.0 Å². The molecule has 0 unspecified atom stereocenters. The lowest BCUT2D eigenvalue weighted by Crippen LogP contribution is -2.44. The number of hydrogen-bond acceptors (Lipinski definition) is 6. The van der Waals surface area contributed by atoms with Crippen LogP contribution >= 0.6 is 0 Å². The SMILES string of the molecule is CCCc1ccc(S(=O)(=O)Nc2ccc(N3CCNCC3)c(C(=O)NCCOC)c2)cc1. The number of nitrogens with one attached hydrogen (secondary N) is 3. The summed E-state index contributed by atoms with van der Waals surface area (Å²) in [6.07, 6.45) is 1.90. The van der Waals surface area contributed by atoms with Gasteiger partial charge >= 0.3 is 0 Å². The smallest absolute Gasteiger partial charge is 0.261 e. The number of nitrogens with zero attached hydrogens (tertiary/aromatic N) is 1. The van der Waals surface area contributed by atoms with Gasteiger partial charge in [-0.2, -0.15) is 0 Å². The summed E-state index contributed by atoms with van der Waals surface area (Å²) < 4.78 is 33.4. The third-order valence-corrected chi connectivity index (χ3v) is 6.71. The Labute approximate surface area is 190 Å². The summed E-state index contributed by atoms with van der Waals surface area (Å²) in [6.45, 7) is 6.05. The molecule has 0 atom stereocenters. The zero-order valence-corrected chi connectivity index (χ0v) is 19.5. The molecule has 174 valence electrons. The summed E-state index contributed by atoms with van der Waals surface area (Å²) in [5, 5.41) is 6.13. The van der Waals surface area contributed by atoms with E-state index in [1.165, 1.54) is 0 Å². The van der Waals surface area contributed by atoms with Crippen LogP contribution in [0.2, 0.25) is 0 Å². The first-order valence-corrected chi connectivity index (χ1v) is 12.4. The normalized spacial score (nSPS) is 14.2. The quantitative estimate of drug-likeness (QED) is 0.470. The number of rotatable bonds is 10. The Morgan fingerprint density at radius 1 is 1.12 bits per heavy atom. The molecule has 0 aliphatic carbocycles. The number of aryl methyl sites for hydroxylation is 1. The van der Waals surface area contributed by atoms with Crippen molar-refractivity contribution in [2.45, 2.75) is 24.7 Å². The molecule has 0 bridgehead atoms. The molecule has 2 aromatic carbocycles. The van der Waals surface area contributed by atoms with Crippen LogP contribution in [-0.4, -0.2) is 60.8 Å². The lowest BCUT2D eigenvalue weighted by molar-refractivity contribution is 0.0937. The van der Waals surface area contributed by atoms with Crippen molar-refractivity contribution < 1.29 is 17.9 Å². The van der Waals surface area contributed by atoms with Crippen molar-refractivity contribution in [1.29, 1.82) is 0 Å². The molecule has 1 fully saturated rings. The zero-order chi connectivity index (χ0) is 23.0. The van der Waals surface area contributed by atoms with E-state index in [0.717, 1.165) is 50.3 Å². The average molecular weight is 461 g/mol. The number of hydrogen-bond donors (Lipinski definition) is 3. The first kappa shape index (κ1) is 24.0. The minimum absolute atomic E-state index is 0.189. The van der Waals surface area contributed by atoms with Gasteiger partial charge in [-0.1, -0.05) is 25.5 Å². The highest BCUT2D eigenvalue weighted by Gasteiger charge is 2.21. The second kappa shape index (κ2) is 11.3. The average Bonchev–Trinajstić information content (AvgIpc) is 2.80. The third kappa shape index (κ3) is 6.21. The number of anilines is 2. The fourth-order valence-electron chi connectivity index (χ4n) is 3.66. The van der Waals surface area contributed by atoms with E-state index in [0.29, 0.717) is 24.4 Å². The van der Waals surface area contributed by atoms with E-state index in [4.69, 9.17) is 4.74 Å². The molecule has 1 aliphatic rings. The fourth-order valence-corrected chi connectivity index (χ4v) is 4.71. The molecule has 1 amide bonds. The van der Waals surface area contributed by atoms with Gasteiger partial charge in [0.25, 0.3) is 15.9 Å². The van der Waals surface area contributed by atoms with E-state index in [-0.39, 0.29) is 10.8 Å². The van der Waals surface area contributed by atoms with Crippen molar-refractivity contribution in [2.75, 3.05) is 56.1 Å². The molecule has 1 saturated heterocycles. The molecule has 3 rings (SSSR count). The van der Waals surface area contributed by atoms with Crippen LogP contribution in [0, 0.1) is 0 Å². The number of methoxy groups -OCH3 is 1. The molecule has 9 heteroatoms. The highest BCUT2D eigenvalue weighted by Crippen LogP contribution is 2.26. The highest BCUT2D eigenvalue weighted by atomic mass is 32.2. The van der Waals surface area contributed by atoms with Gasteiger partial charge in [0.2, 0.25) is 0 Å². The van der Waals surface area contributed by atoms with E-state index in [1.54, 1.807) is 37.4 Å². The summed E-state index contributed by atoms with van der Waals surface area (Å²) >= 11 is 0. The number of amides is 1. The van der Waals surface area contributed by atoms with Gasteiger partial charge in [0, 0.05) is 51.2 Å². The molecule has 1 aliphatic heterocycles. The third-order valence-electron chi connectivity index (χ3n) is 5.32. The van der Waals surface area contributed by atoms with Crippen molar-refractivity contribution >= 4 is 27.3 Å². The van der Waals surface area contributed by atoms with E-state index in [1.807, 2.05) is 12.1 Å². The lowest BCUT2D eigenvalue weighted by Gasteiger charge is -2.31. The van der Waals surface area contributed by atoms with Crippen LogP contribution < -0.4 is 20.3 Å². The molecule has 8 nitrogen and oxygen atoms in total. The van der Waals surface area contributed by atoms with Crippen LogP contribution in [0.1, 0.15) is 29.3 Å². The van der Waals surface area contributed by atoms with Crippen LogP contribution in [0.5, 0.6) is 0 Å². The number of benzene rings is 2. The van der Waals surface area contributed by atoms with Gasteiger partial charge in [0.15, 0.2) is 0 Å². The topological polar surface area (TPSA) is 99.8 Å². The molecule has 2 aromatic rings. The van der Waals surface area contributed by atoms with Crippen LogP contribution in [0.4, 0.5) is 11.4 Å². The summed E-state index contributed by atoms with van der Waals surface area (Å²) in [5.41, 5.74) is 2.66. The number of sulfonamides is 1. The van der Waals surface area contributed by atoms with Crippen molar-refractivity contribution in [1.82, 2.24) is 10.6 Å². The fraction of sp³-hybridized carbons (Fsp3) is 0.435. The molecule has 0 saturated carbocycles. The Kier molecular flexibility index (Phi) is 8.49. The summed E-state index contributed by atoms with van der Waals surface area (Å²) in [5.74, 6) is -0.263. The maximum absolute atomic E-state index is 12.9. The molecule has 32 heavy (non-hydrogen) atoms. The lowest BCUT2D eigenvalue weighted by atomic mass is 10.1. The largest absolute Gasteiger partial charge is 0.383 e. The molecule has 0 aromatic heterocycles. The van der Waals surface area contributed by atoms with Gasteiger partial charge in [0.05, 0.1) is 17.1 Å². The van der Waals surface area contributed by atoms with E-state index >= 15 is 0 Å². The number of ether oxygens (including phenoxy) is 1. The van der Waals surface area contributed by atoms with Gasteiger partial charge in [-0.25, -0.2) is 8.42 Å². The maximum atomic E-state index is 12.9. The van der Waals surface area contributed by atoms with Crippen molar-refractivity contribution in [3.05, 3.63) is 53.6 Å². The van der Waals surface area contributed by atoms with Crippen LogP contribution in [0.3, 0.4) is 0 Å². The Hall–Kier alpha value is -2.62. The number of carbonyl (C=O) groups is 1. The predicted molar refractivity (Wildman–Crippen MR) is 127 cm³/mol. The molecule has 1 heterocycles. The Balaban J connectivity index is 1.85. The molecule has 0 spiro atoms. The summed E-state index contributed by atoms with van der Waals surface area (Å²) in [6, 6.07) is 12.0.